The first-order chi connectivity index (χ1) is 12.8. The summed E-state index contributed by atoms with van der Waals surface area (Å²) in [7, 11) is 3.51. The third kappa shape index (κ3) is 4.64. The fourth-order valence-electron chi connectivity index (χ4n) is 4.20. The summed E-state index contributed by atoms with van der Waals surface area (Å²) < 4.78 is 27.1. The van der Waals surface area contributed by atoms with Crippen LogP contribution in [0.15, 0.2) is 18.2 Å². The molecule has 2 bridgehead atoms. The van der Waals surface area contributed by atoms with E-state index in [2.05, 4.69) is 5.32 Å². The summed E-state index contributed by atoms with van der Waals surface area (Å²) in [6.07, 6.45) is 3.24. The van der Waals surface area contributed by atoms with Crippen molar-refractivity contribution in [2.24, 2.45) is 11.8 Å². The van der Waals surface area contributed by atoms with Crippen molar-refractivity contribution in [3.8, 4) is 0 Å². The van der Waals surface area contributed by atoms with E-state index in [1.54, 1.807) is 23.9 Å². The summed E-state index contributed by atoms with van der Waals surface area (Å²) in [6.45, 7) is 1.97. The SMILES string of the molecule is CN(C)C(=O)CCCC1NCC2CC1CN(C(=O)c1ccc(F)cc1F)C2. The molecule has 5 nitrogen and oxygen atoms in total. The minimum absolute atomic E-state index is 0.0718. The molecule has 2 aliphatic rings. The molecule has 1 N–H and O–H groups in total. The van der Waals surface area contributed by atoms with E-state index >= 15 is 0 Å². The van der Waals surface area contributed by atoms with Gasteiger partial charge < -0.3 is 15.1 Å². The molecule has 7 heteroatoms. The van der Waals surface area contributed by atoms with Gasteiger partial charge in [0.05, 0.1) is 5.56 Å². The highest BCUT2D eigenvalue weighted by Crippen LogP contribution is 2.31. The quantitative estimate of drug-likeness (QED) is 0.854. The van der Waals surface area contributed by atoms with Crippen LogP contribution in [-0.2, 0) is 4.79 Å². The lowest BCUT2D eigenvalue weighted by Crippen LogP contribution is -2.57. The van der Waals surface area contributed by atoms with Crippen molar-refractivity contribution in [2.45, 2.75) is 31.7 Å². The van der Waals surface area contributed by atoms with Crippen molar-refractivity contribution >= 4 is 11.8 Å². The fourth-order valence-corrected chi connectivity index (χ4v) is 4.20. The van der Waals surface area contributed by atoms with E-state index in [0.717, 1.165) is 37.9 Å². The predicted molar refractivity (Wildman–Crippen MR) is 98.2 cm³/mol. The number of benzene rings is 1. The number of hydrogen-bond acceptors (Lipinski definition) is 3. The van der Waals surface area contributed by atoms with Crippen LogP contribution in [0.3, 0.4) is 0 Å². The van der Waals surface area contributed by atoms with Gasteiger partial charge >= 0.3 is 0 Å². The Morgan fingerprint density at radius 1 is 1.26 bits per heavy atom. The number of nitrogens with one attached hydrogen (secondary N) is 1. The Morgan fingerprint density at radius 2 is 2.04 bits per heavy atom. The van der Waals surface area contributed by atoms with Crippen molar-refractivity contribution in [3.63, 3.8) is 0 Å². The monoisotopic (exact) mass is 379 g/mol. The minimum atomic E-state index is -0.812. The number of hydrogen-bond donors (Lipinski definition) is 1. The molecule has 0 aliphatic carbocycles. The lowest BCUT2D eigenvalue weighted by molar-refractivity contribution is -0.128. The van der Waals surface area contributed by atoms with Gasteiger partial charge in [-0.05, 0) is 49.8 Å². The van der Waals surface area contributed by atoms with E-state index in [1.807, 2.05) is 0 Å². The molecule has 27 heavy (non-hydrogen) atoms. The molecule has 3 atom stereocenters. The number of amides is 2. The van der Waals surface area contributed by atoms with Crippen LogP contribution in [0.5, 0.6) is 0 Å². The van der Waals surface area contributed by atoms with Gasteiger partial charge in [0.2, 0.25) is 5.91 Å². The lowest BCUT2D eigenvalue weighted by atomic mass is 9.79. The summed E-state index contributed by atoms with van der Waals surface area (Å²) >= 11 is 0. The van der Waals surface area contributed by atoms with Crippen LogP contribution in [0.1, 0.15) is 36.0 Å². The van der Waals surface area contributed by atoms with E-state index in [1.165, 1.54) is 6.07 Å². The number of carbonyl (C=O) groups excluding carboxylic acids is 2. The van der Waals surface area contributed by atoms with Crippen LogP contribution in [0.4, 0.5) is 8.78 Å². The summed E-state index contributed by atoms with van der Waals surface area (Å²) in [6, 6.07) is 3.35. The Bertz CT molecular complexity index is 710. The Balaban J connectivity index is 1.61. The molecule has 0 radical (unpaired) electrons. The third-order valence-electron chi connectivity index (χ3n) is 5.66. The Labute approximate surface area is 158 Å². The van der Waals surface area contributed by atoms with Crippen molar-refractivity contribution in [1.82, 2.24) is 15.1 Å². The van der Waals surface area contributed by atoms with E-state index in [0.29, 0.717) is 31.3 Å². The zero-order chi connectivity index (χ0) is 19.6. The molecule has 2 amide bonds. The van der Waals surface area contributed by atoms with Crippen LogP contribution < -0.4 is 5.32 Å². The molecule has 2 aliphatic heterocycles. The first-order valence-electron chi connectivity index (χ1n) is 9.53. The van der Waals surface area contributed by atoms with Gasteiger partial charge in [0.15, 0.2) is 0 Å². The Hall–Kier alpha value is -2.02. The first kappa shape index (κ1) is 19.7. The normalized spacial score (nSPS) is 24.6. The predicted octanol–water partition coefficient (Wildman–Crippen LogP) is 2.27. The Morgan fingerprint density at radius 3 is 2.74 bits per heavy atom. The van der Waals surface area contributed by atoms with Gasteiger partial charge in [-0.25, -0.2) is 8.78 Å². The average molecular weight is 379 g/mol. The fraction of sp³-hybridized carbons (Fsp3) is 0.600. The molecular weight excluding hydrogens is 352 g/mol. The van der Waals surface area contributed by atoms with Gasteiger partial charge in [-0.3, -0.25) is 9.59 Å². The number of fused-ring (bicyclic) bond motifs is 2. The third-order valence-corrected chi connectivity index (χ3v) is 5.66. The maximum Gasteiger partial charge on any atom is 0.256 e. The molecule has 0 spiro atoms. The molecule has 0 saturated carbocycles. The zero-order valence-electron chi connectivity index (χ0n) is 15.9. The van der Waals surface area contributed by atoms with Crippen LogP contribution in [0.2, 0.25) is 0 Å². The van der Waals surface area contributed by atoms with Crippen molar-refractivity contribution in [3.05, 3.63) is 35.4 Å². The maximum absolute atomic E-state index is 14.0. The lowest BCUT2D eigenvalue weighted by Gasteiger charge is -2.46. The number of nitrogens with zero attached hydrogens (tertiary/aromatic N) is 2. The minimum Gasteiger partial charge on any atom is -0.349 e. The highest BCUT2D eigenvalue weighted by Gasteiger charge is 2.38. The second-order valence-electron chi connectivity index (χ2n) is 7.89. The standard InChI is InChI=1S/C20H27F2N3O2/c1-24(2)19(26)5-3-4-18-14-8-13(10-23-18)11-25(12-14)20(27)16-7-6-15(21)9-17(16)22/h6-7,9,13-14,18,23H,3-5,8,10-12H2,1-2H3. The van der Waals surface area contributed by atoms with Crippen LogP contribution in [0.25, 0.3) is 0 Å². The number of carbonyl (C=O) groups is 2. The molecule has 148 valence electrons. The molecule has 1 aromatic rings. The van der Waals surface area contributed by atoms with Gasteiger partial charge in [-0.2, -0.15) is 0 Å². The Kier molecular flexibility index (Phi) is 6.09. The van der Waals surface area contributed by atoms with Crippen molar-refractivity contribution in [2.75, 3.05) is 33.7 Å². The number of halogens is 2. The van der Waals surface area contributed by atoms with Crippen molar-refractivity contribution in [1.29, 1.82) is 0 Å². The van der Waals surface area contributed by atoms with Crippen LogP contribution >= 0.6 is 0 Å². The first-order valence-corrected chi connectivity index (χ1v) is 9.53. The molecule has 3 unspecified atom stereocenters. The van der Waals surface area contributed by atoms with Crippen LogP contribution in [-0.4, -0.2) is 61.4 Å². The van der Waals surface area contributed by atoms with Crippen molar-refractivity contribution < 1.29 is 18.4 Å². The smallest absolute Gasteiger partial charge is 0.256 e. The van der Waals surface area contributed by atoms with Gasteiger partial charge in [-0.1, -0.05) is 0 Å². The average Bonchev–Trinajstić information content (AvgIpc) is 2.62. The molecular formula is C20H27F2N3O2. The van der Waals surface area contributed by atoms with E-state index in [-0.39, 0.29) is 23.4 Å². The van der Waals surface area contributed by atoms with E-state index < -0.39 is 11.6 Å². The topological polar surface area (TPSA) is 52.7 Å². The molecule has 3 rings (SSSR count). The van der Waals surface area contributed by atoms with Crippen LogP contribution in [0, 0.1) is 23.5 Å². The molecule has 2 saturated heterocycles. The summed E-state index contributed by atoms with van der Waals surface area (Å²) in [5, 5.41) is 3.56. The number of piperidine rings is 2. The molecule has 2 heterocycles. The number of rotatable bonds is 5. The molecule has 1 aromatic carbocycles. The maximum atomic E-state index is 14.0. The summed E-state index contributed by atoms with van der Waals surface area (Å²) in [5.41, 5.74) is -0.0718. The number of likely N-dealkylation sites (tertiary alicyclic amines) is 1. The summed E-state index contributed by atoms with van der Waals surface area (Å²) in [4.78, 5) is 27.8. The molecule has 2 fully saturated rings. The van der Waals surface area contributed by atoms with Gasteiger partial charge in [-0.15, -0.1) is 0 Å². The largest absolute Gasteiger partial charge is 0.349 e. The van der Waals surface area contributed by atoms with Gasteiger partial charge in [0.1, 0.15) is 11.6 Å². The van der Waals surface area contributed by atoms with E-state index in [4.69, 9.17) is 0 Å². The van der Waals surface area contributed by atoms with Gasteiger partial charge in [0.25, 0.3) is 5.91 Å². The second-order valence-corrected chi connectivity index (χ2v) is 7.89. The highest BCUT2D eigenvalue weighted by molar-refractivity contribution is 5.94. The highest BCUT2D eigenvalue weighted by atomic mass is 19.1. The molecule has 0 aromatic heterocycles. The van der Waals surface area contributed by atoms with E-state index in [9.17, 15) is 18.4 Å². The second kappa shape index (κ2) is 8.33. The van der Waals surface area contributed by atoms with Gasteiger partial charge in [0, 0.05) is 45.7 Å². The summed E-state index contributed by atoms with van der Waals surface area (Å²) in [5.74, 6) is -1.11. The zero-order valence-corrected chi connectivity index (χ0v) is 15.9.